The number of morpholine rings is 1. The first-order valence-corrected chi connectivity index (χ1v) is 15.4. The summed E-state index contributed by atoms with van der Waals surface area (Å²) in [5.74, 6) is -0.0865. The van der Waals surface area contributed by atoms with Crippen LogP contribution < -0.4 is 10.2 Å². The van der Waals surface area contributed by atoms with Crippen LogP contribution in [-0.4, -0.2) is 68.0 Å². The summed E-state index contributed by atoms with van der Waals surface area (Å²) >= 11 is 7.06. The van der Waals surface area contributed by atoms with Gasteiger partial charge < -0.3 is 24.8 Å². The molecule has 2 fully saturated rings. The summed E-state index contributed by atoms with van der Waals surface area (Å²) in [5.41, 5.74) is 7.12. The fourth-order valence-corrected chi connectivity index (χ4v) is 6.36. The number of hydrogen-bond acceptors (Lipinski definition) is 6. The predicted octanol–water partition coefficient (Wildman–Crippen LogP) is 6.10. The number of aryl methyl sites for hydroxylation is 2. The lowest BCUT2D eigenvalue weighted by molar-refractivity contribution is 0.0342. The summed E-state index contributed by atoms with van der Waals surface area (Å²) in [6.45, 7) is 12.8. The molecule has 5 rings (SSSR count). The Bertz CT molecular complexity index is 1360. The van der Waals surface area contributed by atoms with E-state index in [0.717, 1.165) is 93.4 Å². The number of amides is 1. The average Bonchev–Trinajstić information content (AvgIpc) is 2.99. The van der Waals surface area contributed by atoms with Crippen LogP contribution in [0.4, 0.5) is 5.69 Å². The number of anilines is 1. The van der Waals surface area contributed by atoms with Crippen LogP contribution in [0.1, 0.15) is 52.4 Å². The normalized spacial score (nSPS) is 16.4. The standard InChI is InChI=1S/C34H42ClN3O4/c1-4-38(28-9-13-41-14-10-28)31-20-27(26-7-5-25(6-8-26)22-37-11-15-42-16-12-37)19-29(33(31)35)34(40)36-21-30-24(3)17-23(2)18-32(30)39/h5-8,17-20,28,39H,4,9-16,21-22H2,1-3H3,(H,36,40). The fourth-order valence-electron chi connectivity index (χ4n) is 6.06. The van der Waals surface area contributed by atoms with Gasteiger partial charge in [-0.25, -0.2) is 0 Å². The number of rotatable bonds is 9. The van der Waals surface area contributed by atoms with Gasteiger partial charge in [-0.1, -0.05) is 41.9 Å². The molecule has 42 heavy (non-hydrogen) atoms. The number of phenols is 1. The molecule has 8 heteroatoms. The molecular weight excluding hydrogens is 550 g/mol. The maximum atomic E-state index is 13.7. The summed E-state index contributed by atoms with van der Waals surface area (Å²) in [6.07, 6.45) is 1.83. The third kappa shape index (κ3) is 7.09. The molecule has 0 bridgehead atoms. The number of halogens is 1. The number of phenolic OH excluding ortho intramolecular Hbond substituents is 1. The number of hydrogen-bond donors (Lipinski definition) is 2. The largest absolute Gasteiger partial charge is 0.508 e. The number of nitrogens with one attached hydrogen (secondary N) is 1. The Morgan fingerprint density at radius 1 is 1.00 bits per heavy atom. The van der Waals surface area contributed by atoms with E-state index in [0.29, 0.717) is 16.1 Å². The lowest BCUT2D eigenvalue weighted by Crippen LogP contribution is -2.39. The van der Waals surface area contributed by atoms with Crippen molar-refractivity contribution in [3.63, 3.8) is 0 Å². The molecule has 3 aromatic rings. The van der Waals surface area contributed by atoms with E-state index in [1.54, 1.807) is 6.07 Å². The van der Waals surface area contributed by atoms with Crippen molar-refractivity contribution >= 4 is 23.2 Å². The zero-order valence-corrected chi connectivity index (χ0v) is 25.7. The second-order valence-corrected chi connectivity index (χ2v) is 11.7. The molecule has 2 aliphatic heterocycles. The highest BCUT2D eigenvalue weighted by Crippen LogP contribution is 2.37. The van der Waals surface area contributed by atoms with E-state index < -0.39 is 0 Å². The van der Waals surface area contributed by atoms with Crippen LogP contribution in [0.5, 0.6) is 5.75 Å². The van der Waals surface area contributed by atoms with E-state index in [4.69, 9.17) is 21.1 Å². The van der Waals surface area contributed by atoms with Crippen LogP contribution >= 0.6 is 11.6 Å². The summed E-state index contributed by atoms with van der Waals surface area (Å²) in [7, 11) is 0. The van der Waals surface area contributed by atoms with Crippen molar-refractivity contribution in [2.24, 2.45) is 0 Å². The van der Waals surface area contributed by atoms with E-state index in [-0.39, 0.29) is 24.2 Å². The Balaban J connectivity index is 1.46. The molecule has 7 nitrogen and oxygen atoms in total. The van der Waals surface area contributed by atoms with Gasteiger partial charge in [0.25, 0.3) is 5.91 Å². The first kappa shape index (κ1) is 30.4. The molecule has 2 heterocycles. The molecule has 2 N–H and O–H groups in total. The number of benzene rings is 3. The molecular formula is C34H42ClN3O4. The summed E-state index contributed by atoms with van der Waals surface area (Å²) in [5, 5.41) is 14.0. The Morgan fingerprint density at radius 3 is 2.36 bits per heavy atom. The molecule has 0 aromatic heterocycles. The average molecular weight is 592 g/mol. The highest BCUT2D eigenvalue weighted by Gasteiger charge is 2.26. The van der Waals surface area contributed by atoms with Gasteiger partial charge in [-0.15, -0.1) is 0 Å². The SMILES string of the molecule is CCN(c1cc(-c2ccc(CN3CCOCC3)cc2)cc(C(=O)NCc2c(C)cc(C)cc2O)c1Cl)C1CCOCC1. The Labute approximate surface area is 254 Å². The molecule has 0 atom stereocenters. The summed E-state index contributed by atoms with van der Waals surface area (Å²) in [6, 6.07) is 16.6. The molecule has 1 amide bonds. The van der Waals surface area contributed by atoms with E-state index in [1.807, 2.05) is 26.0 Å². The molecule has 3 aromatic carbocycles. The smallest absolute Gasteiger partial charge is 0.253 e. The third-order valence-corrected chi connectivity index (χ3v) is 8.79. The fraction of sp³-hybridized carbons (Fsp3) is 0.441. The van der Waals surface area contributed by atoms with Gasteiger partial charge in [0.2, 0.25) is 0 Å². The van der Waals surface area contributed by atoms with Crippen LogP contribution in [0.25, 0.3) is 11.1 Å². The number of nitrogens with zero attached hydrogens (tertiary/aromatic N) is 2. The summed E-state index contributed by atoms with van der Waals surface area (Å²) in [4.78, 5) is 18.4. The van der Waals surface area contributed by atoms with Gasteiger partial charge in [-0.3, -0.25) is 9.69 Å². The minimum Gasteiger partial charge on any atom is -0.508 e. The highest BCUT2D eigenvalue weighted by molar-refractivity contribution is 6.36. The lowest BCUT2D eigenvalue weighted by Gasteiger charge is -2.36. The van der Waals surface area contributed by atoms with Crippen LogP contribution in [0, 0.1) is 13.8 Å². The van der Waals surface area contributed by atoms with E-state index in [9.17, 15) is 9.90 Å². The lowest BCUT2D eigenvalue weighted by atomic mass is 9.98. The zero-order valence-electron chi connectivity index (χ0n) is 24.9. The minimum absolute atomic E-state index is 0.183. The van der Waals surface area contributed by atoms with Crippen molar-refractivity contribution in [2.75, 3.05) is 51.0 Å². The van der Waals surface area contributed by atoms with Crippen LogP contribution in [0.15, 0.2) is 48.5 Å². The highest BCUT2D eigenvalue weighted by atomic mass is 35.5. The molecule has 0 radical (unpaired) electrons. The molecule has 2 saturated heterocycles. The zero-order chi connectivity index (χ0) is 29.6. The van der Waals surface area contributed by atoms with E-state index in [2.05, 4.69) is 52.4 Å². The maximum absolute atomic E-state index is 13.7. The van der Waals surface area contributed by atoms with Crippen molar-refractivity contribution in [1.29, 1.82) is 0 Å². The third-order valence-electron chi connectivity index (χ3n) is 8.40. The van der Waals surface area contributed by atoms with Crippen LogP contribution in [0.2, 0.25) is 5.02 Å². The van der Waals surface area contributed by atoms with Crippen LogP contribution in [-0.2, 0) is 22.6 Å². The maximum Gasteiger partial charge on any atom is 0.253 e. The van der Waals surface area contributed by atoms with Gasteiger partial charge in [-0.2, -0.15) is 0 Å². The molecule has 0 unspecified atom stereocenters. The Morgan fingerprint density at radius 2 is 1.69 bits per heavy atom. The van der Waals surface area contributed by atoms with Crippen LogP contribution in [0.3, 0.4) is 0 Å². The number of carbonyl (C=O) groups is 1. The van der Waals surface area contributed by atoms with Crippen molar-refractivity contribution in [1.82, 2.24) is 10.2 Å². The second-order valence-electron chi connectivity index (χ2n) is 11.3. The monoisotopic (exact) mass is 591 g/mol. The van der Waals surface area contributed by atoms with Gasteiger partial charge in [0, 0.05) is 57.5 Å². The first-order valence-electron chi connectivity index (χ1n) is 15.0. The van der Waals surface area contributed by atoms with Gasteiger partial charge in [0.1, 0.15) is 5.75 Å². The van der Waals surface area contributed by atoms with Crippen molar-refractivity contribution < 1.29 is 19.4 Å². The van der Waals surface area contributed by atoms with Crippen molar-refractivity contribution in [2.45, 2.75) is 52.7 Å². The van der Waals surface area contributed by atoms with E-state index >= 15 is 0 Å². The second kappa shape index (κ2) is 13.9. The van der Waals surface area contributed by atoms with Gasteiger partial charge >= 0.3 is 0 Å². The number of carbonyl (C=O) groups excluding carboxylic acids is 1. The van der Waals surface area contributed by atoms with Crippen molar-refractivity contribution in [3.05, 3.63) is 81.4 Å². The Kier molecular flexibility index (Phi) is 10.1. The molecule has 224 valence electrons. The number of ether oxygens (including phenoxy) is 2. The summed E-state index contributed by atoms with van der Waals surface area (Å²) < 4.78 is 11.1. The minimum atomic E-state index is -0.269. The molecule has 0 spiro atoms. The van der Waals surface area contributed by atoms with Gasteiger partial charge in [0.05, 0.1) is 29.5 Å². The topological polar surface area (TPSA) is 74.3 Å². The first-order chi connectivity index (χ1) is 20.3. The van der Waals surface area contributed by atoms with Gasteiger partial charge in [0.15, 0.2) is 0 Å². The Hall–Kier alpha value is -3.10. The van der Waals surface area contributed by atoms with E-state index in [1.165, 1.54) is 5.56 Å². The quantitative estimate of drug-likeness (QED) is 0.313. The number of aromatic hydroxyl groups is 1. The predicted molar refractivity (Wildman–Crippen MR) is 169 cm³/mol. The molecule has 0 aliphatic carbocycles. The van der Waals surface area contributed by atoms with Crippen molar-refractivity contribution in [3.8, 4) is 16.9 Å². The molecule has 0 saturated carbocycles. The van der Waals surface area contributed by atoms with Gasteiger partial charge in [-0.05, 0) is 79.6 Å². The molecule has 2 aliphatic rings.